The van der Waals surface area contributed by atoms with E-state index in [9.17, 15) is 25.0 Å². The highest BCUT2D eigenvalue weighted by Gasteiger charge is 2.17. The van der Waals surface area contributed by atoms with E-state index in [0.29, 0.717) is 18.5 Å². The molecule has 0 bridgehead atoms. The molecule has 2 aromatic rings. The van der Waals surface area contributed by atoms with E-state index in [0.717, 1.165) is 11.1 Å². The Morgan fingerprint density at radius 1 is 0.964 bits per heavy atom. The highest BCUT2D eigenvalue weighted by molar-refractivity contribution is 5.92. The second-order valence-corrected chi connectivity index (χ2v) is 5.56. The summed E-state index contributed by atoms with van der Waals surface area (Å²) < 4.78 is 0. The zero-order valence-electron chi connectivity index (χ0n) is 15.8. The van der Waals surface area contributed by atoms with E-state index in [1.54, 1.807) is 24.3 Å². The van der Waals surface area contributed by atoms with Gasteiger partial charge in [-0.1, -0.05) is 38.1 Å². The summed E-state index contributed by atoms with van der Waals surface area (Å²) in [5.74, 6) is -0.306. The fourth-order valence-electron chi connectivity index (χ4n) is 2.42. The first kappa shape index (κ1) is 24.8. The summed E-state index contributed by atoms with van der Waals surface area (Å²) in [5, 5.41) is 23.6. The number of hydrogen-bond acceptors (Lipinski definition) is 6. The van der Waals surface area contributed by atoms with Gasteiger partial charge in [0.15, 0.2) is 0 Å². The third-order valence-corrected chi connectivity index (χ3v) is 3.76. The average Bonchev–Trinajstić information content (AvgIpc) is 2.61. The van der Waals surface area contributed by atoms with E-state index in [4.69, 9.17) is 5.73 Å². The van der Waals surface area contributed by atoms with Crippen LogP contribution in [0.25, 0.3) is 0 Å². The van der Waals surface area contributed by atoms with Gasteiger partial charge in [0.1, 0.15) is 11.4 Å². The number of anilines is 2. The van der Waals surface area contributed by atoms with Gasteiger partial charge in [-0.05, 0) is 24.0 Å². The van der Waals surface area contributed by atoms with Crippen molar-refractivity contribution in [3.63, 3.8) is 0 Å². The molecule has 3 N–H and O–H groups in total. The Labute approximate surface area is 168 Å². The molecule has 2 aromatic carbocycles. The lowest BCUT2D eigenvalue weighted by Gasteiger charge is -2.08. The van der Waals surface area contributed by atoms with Crippen LogP contribution in [0, 0.1) is 20.2 Å². The molecule has 0 saturated carbocycles. The van der Waals surface area contributed by atoms with Crippen LogP contribution in [0.2, 0.25) is 0 Å². The number of hydrogen-bond donors (Lipinski definition) is 2. The predicted octanol–water partition coefficient (Wildman–Crippen LogP) is 4.28. The first-order valence-electron chi connectivity index (χ1n) is 8.28. The molecule has 0 fully saturated rings. The summed E-state index contributed by atoms with van der Waals surface area (Å²) in [6, 6.07) is 9.61. The van der Waals surface area contributed by atoms with Crippen molar-refractivity contribution in [1.82, 2.24) is 0 Å². The second-order valence-electron chi connectivity index (χ2n) is 5.56. The van der Waals surface area contributed by atoms with Gasteiger partial charge in [-0.2, -0.15) is 0 Å². The fraction of sp³-hybridized carbons (Fsp3) is 0.278. The Morgan fingerprint density at radius 2 is 1.43 bits per heavy atom. The number of halogens is 1. The number of aryl methyl sites for hydroxylation is 2. The number of nitrogen functional groups attached to an aromatic ring is 1. The number of benzene rings is 2. The SMILES string of the molecule is CCc1cccc([N+](=O)[O-])c1N.CCc1cccc([N+](=O)[O-])c1NC(C)=O.Cl. The first-order chi connectivity index (χ1) is 12.7. The predicted molar refractivity (Wildman–Crippen MR) is 111 cm³/mol. The van der Waals surface area contributed by atoms with E-state index in [1.807, 2.05) is 13.8 Å². The topological polar surface area (TPSA) is 141 Å². The molecule has 0 heterocycles. The number of rotatable bonds is 5. The highest BCUT2D eigenvalue weighted by Crippen LogP contribution is 2.28. The van der Waals surface area contributed by atoms with Crippen LogP contribution in [0.15, 0.2) is 36.4 Å². The first-order valence-corrected chi connectivity index (χ1v) is 8.28. The van der Waals surface area contributed by atoms with Crippen molar-refractivity contribution in [2.45, 2.75) is 33.6 Å². The molecular formula is C18H23ClN4O5. The quantitative estimate of drug-likeness (QED) is 0.428. The van der Waals surface area contributed by atoms with Crippen molar-refractivity contribution in [3.05, 3.63) is 67.8 Å². The van der Waals surface area contributed by atoms with Gasteiger partial charge in [-0.15, -0.1) is 12.4 Å². The van der Waals surface area contributed by atoms with Crippen LogP contribution < -0.4 is 11.1 Å². The molecule has 28 heavy (non-hydrogen) atoms. The number of nitrogens with one attached hydrogen (secondary N) is 1. The van der Waals surface area contributed by atoms with Gasteiger partial charge in [0.2, 0.25) is 5.91 Å². The summed E-state index contributed by atoms with van der Waals surface area (Å²) in [6.45, 7) is 5.12. The van der Waals surface area contributed by atoms with Gasteiger partial charge in [-0.3, -0.25) is 25.0 Å². The molecule has 0 spiro atoms. The Balaban J connectivity index is 0.000000514. The van der Waals surface area contributed by atoms with Gasteiger partial charge >= 0.3 is 0 Å². The third kappa shape index (κ3) is 6.51. The van der Waals surface area contributed by atoms with Crippen molar-refractivity contribution in [2.24, 2.45) is 0 Å². The number of nitro benzene ring substituents is 2. The van der Waals surface area contributed by atoms with Crippen molar-refractivity contribution >= 4 is 41.1 Å². The molecule has 0 aromatic heterocycles. The van der Waals surface area contributed by atoms with Crippen LogP contribution >= 0.6 is 12.4 Å². The van der Waals surface area contributed by atoms with E-state index in [-0.39, 0.29) is 35.4 Å². The number of carbonyl (C=O) groups is 1. The Bertz CT molecular complexity index is 858. The van der Waals surface area contributed by atoms with E-state index in [2.05, 4.69) is 5.32 Å². The van der Waals surface area contributed by atoms with Crippen LogP contribution in [0.3, 0.4) is 0 Å². The molecule has 0 aliphatic carbocycles. The number of nitro groups is 2. The van der Waals surface area contributed by atoms with E-state index >= 15 is 0 Å². The van der Waals surface area contributed by atoms with E-state index in [1.165, 1.54) is 19.1 Å². The molecular weight excluding hydrogens is 388 g/mol. The van der Waals surface area contributed by atoms with Crippen LogP contribution in [-0.4, -0.2) is 15.8 Å². The standard InChI is InChI=1S/C10H12N2O3.C8H10N2O2.ClH/c1-3-8-5-4-6-9(12(14)15)10(8)11-7(2)13;1-2-6-4-3-5-7(8(6)9)10(11)12;/h4-6H,3H2,1-2H3,(H,11,13);3-5H,2,9H2,1H3;1H. The Morgan fingerprint density at radius 3 is 1.86 bits per heavy atom. The van der Waals surface area contributed by atoms with Crippen LogP contribution in [0.1, 0.15) is 31.9 Å². The smallest absolute Gasteiger partial charge is 0.293 e. The second kappa shape index (κ2) is 11.5. The molecule has 0 aliphatic rings. The third-order valence-electron chi connectivity index (χ3n) is 3.76. The maximum absolute atomic E-state index is 10.9. The van der Waals surface area contributed by atoms with Crippen molar-refractivity contribution in [3.8, 4) is 0 Å². The highest BCUT2D eigenvalue weighted by atomic mass is 35.5. The Hall–Kier alpha value is -3.20. The van der Waals surface area contributed by atoms with Crippen molar-refractivity contribution in [1.29, 1.82) is 0 Å². The summed E-state index contributed by atoms with van der Waals surface area (Å²) >= 11 is 0. The number of amides is 1. The lowest BCUT2D eigenvalue weighted by molar-refractivity contribution is -0.384. The molecule has 0 atom stereocenters. The monoisotopic (exact) mass is 410 g/mol. The number of nitrogens with two attached hydrogens (primary N) is 1. The molecule has 0 radical (unpaired) electrons. The molecule has 0 saturated heterocycles. The van der Waals surface area contributed by atoms with Gasteiger partial charge in [0, 0.05) is 19.1 Å². The maximum atomic E-state index is 10.9. The number of nitrogens with zero attached hydrogens (tertiary/aromatic N) is 2. The van der Waals surface area contributed by atoms with Gasteiger partial charge < -0.3 is 11.1 Å². The molecule has 1 amide bonds. The van der Waals surface area contributed by atoms with E-state index < -0.39 is 9.85 Å². The average molecular weight is 411 g/mol. The molecule has 2 rings (SSSR count). The minimum Gasteiger partial charge on any atom is -0.393 e. The zero-order valence-corrected chi connectivity index (χ0v) is 16.6. The van der Waals surface area contributed by atoms with Crippen molar-refractivity contribution < 1.29 is 14.6 Å². The van der Waals surface area contributed by atoms with Gasteiger partial charge in [0.05, 0.1) is 9.85 Å². The summed E-state index contributed by atoms with van der Waals surface area (Å²) in [5.41, 5.74) is 7.65. The molecule has 0 unspecified atom stereocenters. The van der Waals surface area contributed by atoms with Crippen LogP contribution in [-0.2, 0) is 17.6 Å². The van der Waals surface area contributed by atoms with Gasteiger partial charge in [-0.25, -0.2) is 0 Å². The zero-order chi connectivity index (χ0) is 20.6. The number of para-hydroxylation sites is 2. The molecule has 152 valence electrons. The maximum Gasteiger partial charge on any atom is 0.293 e. The minimum absolute atomic E-state index is 0. The summed E-state index contributed by atoms with van der Waals surface area (Å²) in [4.78, 5) is 31.1. The molecule has 10 heteroatoms. The minimum atomic E-state index is -0.496. The fourth-order valence-corrected chi connectivity index (χ4v) is 2.42. The van der Waals surface area contributed by atoms with Crippen molar-refractivity contribution in [2.75, 3.05) is 11.1 Å². The van der Waals surface area contributed by atoms with Gasteiger partial charge in [0.25, 0.3) is 11.4 Å². The summed E-state index contributed by atoms with van der Waals surface area (Å²) in [6.07, 6.45) is 1.35. The lowest BCUT2D eigenvalue weighted by Crippen LogP contribution is -2.10. The molecule has 0 aliphatic heterocycles. The number of carbonyl (C=O) groups excluding carboxylic acids is 1. The molecule has 9 nitrogen and oxygen atoms in total. The van der Waals surface area contributed by atoms with Crippen LogP contribution in [0.5, 0.6) is 0 Å². The Kier molecular flexibility index (Phi) is 10.2. The largest absolute Gasteiger partial charge is 0.393 e. The summed E-state index contributed by atoms with van der Waals surface area (Å²) in [7, 11) is 0. The normalized spacial score (nSPS) is 9.39. The van der Waals surface area contributed by atoms with Crippen LogP contribution in [0.4, 0.5) is 22.7 Å². The lowest BCUT2D eigenvalue weighted by atomic mass is 10.1.